The van der Waals surface area contributed by atoms with Crippen molar-refractivity contribution in [3.63, 3.8) is 0 Å². The number of urea groups is 1. The minimum absolute atomic E-state index is 0.0296. The summed E-state index contributed by atoms with van der Waals surface area (Å²) in [4.78, 5) is 26.1. The van der Waals surface area contributed by atoms with Crippen molar-refractivity contribution >= 4 is 11.9 Å². The first kappa shape index (κ1) is 19.7. The molecule has 2 aromatic carbocycles. The molecule has 0 heterocycles. The first-order valence-electron chi connectivity index (χ1n) is 8.91. The van der Waals surface area contributed by atoms with E-state index in [1.54, 1.807) is 0 Å². The first-order valence-corrected chi connectivity index (χ1v) is 8.91. The van der Waals surface area contributed by atoms with Crippen LogP contribution in [0.5, 0.6) is 0 Å². The van der Waals surface area contributed by atoms with E-state index in [4.69, 9.17) is 0 Å². The van der Waals surface area contributed by atoms with E-state index >= 15 is 0 Å². The second-order valence-electron chi connectivity index (χ2n) is 6.47. The standard InChI is InChI=1S/C21H27N3O2/c1-4-16(2)22-21(26)23-19(25)15-24(3)20(17-11-7-5-8-12-17)18-13-9-6-10-14-18/h5-14,16,20H,4,15H2,1-3H3,(H2,22,23,25,26)/t16-/m1/s1. The van der Waals surface area contributed by atoms with Crippen LogP contribution in [0.4, 0.5) is 4.79 Å². The Labute approximate surface area is 155 Å². The van der Waals surface area contributed by atoms with Crippen molar-refractivity contribution in [1.82, 2.24) is 15.5 Å². The minimum atomic E-state index is -0.450. The maximum atomic E-state index is 12.3. The number of carbonyl (C=O) groups is 2. The molecule has 0 spiro atoms. The number of likely N-dealkylation sites (N-methyl/N-ethyl adjacent to an activating group) is 1. The second-order valence-corrected chi connectivity index (χ2v) is 6.47. The topological polar surface area (TPSA) is 61.4 Å². The van der Waals surface area contributed by atoms with Crippen molar-refractivity contribution in [1.29, 1.82) is 0 Å². The third kappa shape index (κ3) is 5.70. The zero-order valence-corrected chi connectivity index (χ0v) is 15.6. The molecule has 2 aromatic rings. The number of imide groups is 1. The van der Waals surface area contributed by atoms with E-state index in [9.17, 15) is 9.59 Å². The van der Waals surface area contributed by atoms with Gasteiger partial charge in [0.2, 0.25) is 5.91 Å². The van der Waals surface area contributed by atoms with Crippen molar-refractivity contribution in [2.24, 2.45) is 0 Å². The maximum absolute atomic E-state index is 12.3. The van der Waals surface area contributed by atoms with Gasteiger partial charge in [0.25, 0.3) is 0 Å². The van der Waals surface area contributed by atoms with E-state index in [0.29, 0.717) is 0 Å². The Kier molecular flexibility index (Phi) is 7.36. The van der Waals surface area contributed by atoms with Crippen LogP contribution in [0.25, 0.3) is 0 Å². The molecule has 0 aliphatic rings. The minimum Gasteiger partial charge on any atom is -0.335 e. The van der Waals surface area contributed by atoms with E-state index in [1.807, 2.05) is 86.5 Å². The van der Waals surface area contributed by atoms with Crippen LogP contribution in [0.1, 0.15) is 37.4 Å². The molecule has 0 fully saturated rings. The zero-order chi connectivity index (χ0) is 18.9. The van der Waals surface area contributed by atoms with E-state index in [0.717, 1.165) is 17.5 Å². The van der Waals surface area contributed by atoms with Gasteiger partial charge in [-0.3, -0.25) is 15.0 Å². The van der Waals surface area contributed by atoms with Gasteiger partial charge in [0.15, 0.2) is 0 Å². The Morgan fingerprint density at radius 2 is 1.46 bits per heavy atom. The summed E-state index contributed by atoms with van der Waals surface area (Å²) in [5, 5.41) is 5.14. The Morgan fingerprint density at radius 1 is 0.962 bits per heavy atom. The first-order chi connectivity index (χ1) is 12.5. The predicted molar refractivity (Wildman–Crippen MR) is 104 cm³/mol. The fraction of sp³-hybridized carbons (Fsp3) is 0.333. The van der Waals surface area contributed by atoms with Gasteiger partial charge in [0, 0.05) is 6.04 Å². The number of amides is 3. The van der Waals surface area contributed by atoms with Gasteiger partial charge >= 0.3 is 6.03 Å². The third-order valence-electron chi connectivity index (χ3n) is 4.31. The number of hydrogen-bond acceptors (Lipinski definition) is 3. The maximum Gasteiger partial charge on any atom is 0.321 e. The average Bonchev–Trinajstić information content (AvgIpc) is 2.63. The van der Waals surface area contributed by atoms with Crippen LogP contribution in [0.2, 0.25) is 0 Å². The molecule has 0 bridgehead atoms. The number of nitrogens with zero attached hydrogens (tertiary/aromatic N) is 1. The fourth-order valence-electron chi connectivity index (χ4n) is 2.82. The number of rotatable bonds is 7. The van der Waals surface area contributed by atoms with Gasteiger partial charge in [-0.15, -0.1) is 0 Å². The molecule has 1 atom stereocenters. The third-order valence-corrected chi connectivity index (χ3v) is 4.31. The molecule has 0 unspecified atom stereocenters. The molecule has 5 nitrogen and oxygen atoms in total. The quantitative estimate of drug-likeness (QED) is 0.803. The molecule has 0 aromatic heterocycles. The normalized spacial score (nSPS) is 12.0. The van der Waals surface area contributed by atoms with Crippen LogP contribution in [-0.4, -0.2) is 36.5 Å². The van der Waals surface area contributed by atoms with Gasteiger partial charge in [-0.05, 0) is 31.5 Å². The predicted octanol–water partition coefficient (Wildman–Crippen LogP) is 3.33. The summed E-state index contributed by atoms with van der Waals surface area (Å²) in [5.74, 6) is -0.329. The molecule has 0 saturated carbocycles. The number of carbonyl (C=O) groups excluding carboxylic acids is 2. The molecule has 0 aliphatic heterocycles. The molecular weight excluding hydrogens is 326 g/mol. The molecule has 138 valence electrons. The SMILES string of the molecule is CC[C@@H](C)NC(=O)NC(=O)CN(C)C(c1ccccc1)c1ccccc1. The smallest absolute Gasteiger partial charge is 0.321 e. The molecule has 0 aliphatic carbocycles. The molecular formula is C21H27N3O2. The molecule has 2 N–H and O–H groups in total. The summed E-state index contributed by atoms with van der Waals surface area (Å²) in [6.45, 7) is 3.99. The summed E-state index contributed by atoms with van der Waals surface area (Å²) in [6.07, 6.45) is 0.811. The lowest BCUT2D eigenvalue weighted by Crippen LogP contribution is -2.46. The Morgan fingerprint density at radius 3 is 1.92 bits per heavy atom. The van der Waals surface area contributed by atoms with Crippen molar-refractivity contribution in [2.75, 3.05) is 13.6 Å². The van der Waals surface area contributed by atoms with Gasteiger partial charge in [0.1, 0.15) is 0 Å². The van der Waals surface area contributed by atoms with Gasteiger partial charge in [-0.25, -0.2) is 4.79 Å². The van der Waals surface area contributed by atoms with Gasteiger partial charge in [-0.2, -0.15) is 0 Å². The van der Waals surface area contributed by atoms with Gasteiger partial charge < -0.3 is 5.32 Å². The van der Waals surface area contributed by atoms with Crippen molar-refractivity contribution in [2.45, 2.75) is 32.4 Å². The van der Waals surface area contributed by atoms with Crippen LogP contribution in [0, 0.1) is 0 Å². The molecule has 2 rings (SSSR count). The highest BCUT2D eigenvalue weighted by Gasteiger charge is 2.21. The Hall–Kier alpha value is -2.66. The summed E-state index contributed by atoms with van der Waals surface area (Å²) in [6, 6.07) is 19.6. The monoisotopic (exact) mass is 353 g/mol. The van der Waals surface area contributed by atoms with E-state index in [1.165, 1.54) is 0 Å². The molecule has 5 heteroatoms. The van der Waals surface area contributed by atoms with Crippen LogP contribution in [0.3, 0.4) is 0 Å². The van der Waals surface area contributed by atoms with E-state index in [-0.39, 0.29) is 24.5 Å². The van der Waals surface area contributed by atoms with E-state index < -0.39 is 6.03 Å². The van der Waals surface area contributed by atoms with Gasteiger partial charge in [0.05, 0.1) is 12.6 Å². The van der Waals surface area contributed by atoms with E-state index in [2.05, 4.69) is 10.6 Å². The van der Waals surface area contributed by atoms with Crippen LogP contribution >= 0.6 is 0 Å². The van der Waals surface area contributed by atoms with Crippen molar-refractivity contribution < 1.29 is 9.59 Å². The highest BCUT2D eigenvalue weighted by molar-refractivity contribution is 5.95. The zero-order valence-electron chi connectivity index (χ0n) is 15.6. The number of benzene rings is 2. The summed E-state index contributed by atoms with van der Waals surface area (Å²) >= 11 is 0. The van der Waals surface area contributed by atoms with Crippen LogP contribution in [-0.2, 0) is 4.79 Å². The highest BCUT2D eigenvalue weighted by Crippen LogP contribution is 2.27. The molecule has 3 amide bonds. The van der Waals surface area contributed by atoms with Crippen LogP contribution < -0.4 is 10.6 Å². The Bertz CT molecular complexity index is 664. The number of hydrogen-bond donors (Lipinski definition) is 2. The molecule has 26 heavy (non-hydrogen) atoms. The molecule has 0 saturated heterocycles. The second kappa shape index (κ2) is 9.73. The lowest BCUT2D eigenvalue weighted by atomic mass is 9.97. The Balaban J connectivity index is 2.09. The average molecular weight is 353 g/mol. The van der Waals surface area contributed by atoms with Gasteiger partial charge in [-0.1, -0.05) is 67.6 Å². The highest BCUT2D eigenvalue weighted by atomic mass is 16.2. The van der Waals surface area contributed by atoms with Crippen molar-refractivity contribution in [3.8, 4) is 0 Å². The lowest BCUT2D eigenvalue weighted by Gasteiger charge is -2.28. The summed E-state index contributed by atoms with van der Waals surface area (Å²) < 4.78 is 0. The summed E-state index contributed by atoms with van der Waals surface area (Å²) in [7, 11) is 1.89. The lowest BCUT2D eigenvalue weighted by molar-refractivity contribution is -0.121. The largest absolute Gasteiger partial charge is 0.335 e. The molecule has 0 radical (unpaired) electrons. The van der Waals surface area contributed by atoms with Crippen molar-refractivity contribution in [3.05, 3.63) is 71.8 Å². The summed E-state index contributed by atoms with van der Waals surface area (Å²) in [5.41, 5.74) is 2.19. The van der Waals surface area contributed by atoms with Crippen LogP contribution in [0.15, 0.2) is 60.7 Å². The fourth-order valence-corrected chi connectivity index (χ4v) is 2.82. The number of nitrogens with one attached hydrogen (secondary N) is 2.